The molecule has 0 bridgehead atoms. The second-order valence-corrected chi connectivity index (χ2v) is 4.12. The van der Waals surface area contributed by atoms with Gasteiger partial charge in [0.05, 0.1) is 11.7 Å². The number of aryl methyl sites for hydroxylation is 1. The Hall–Kier alpha value is -1.71. The van der Waals surface area contributed by atoms with Gasteiger partial charge in [0.2, 0.25) is 11.8 Å². The molecule has 2 rings (SSSR count). The first-order valence-electron chi connectivity index (χ1n) is 5.76. The normalized spacial score (nSPS) is 17.6. The molecule has 0 spiro atoms. The van der Waals surface area contributed by atoms with Gasteiger partial charge in [-0.25, -0.2) is 0 Å². The van der Waals surface area contributed by atoms with Crippen LogP contribution >= 0.6 is 0 Å². The zero-order valence-corrected chi connectivity index (χ0v) is 9.85. The highest BCUT2D eigenvalue weighted by molar-refractivity contribution is 6.02. The standard InChI is InChI=1S/C13H15N2O2/c1-3-10-4-5-11(14-8-10)9(2)15-12(16)6-7-13(15)17/h4-5,8-9H,2-3,6-7H2,1H3. The first kappa shape index (κ1) is 11.8. The summed E-state index contributed by atoms with van der Waals surface area (Å²) in [7, 11) is 0. The van der Waals surface area contributed by atoms with Crippen LogP contribution in [0.5, 0.6) is 0 Å². The Morgan fingerprint density at radius 1 is 1.35 bits per heavy atom. The van der Waals surface area contributed by atoms with E-state index in [0.29, 0.717) is 5.69 Å². The smallest absolute Gasteiger partial charge is 0.230 e. The van der Waals surface area contributed by atoms with Crippen molar-refractivity contribution in [2.24, 2.45) is 0 Å². The second kappa shape index (κ2) is 4.65. The SMILES string of the molecule is [CH2]C(c1ccc(CC)cn1)N1C(=O)CCC1=O. The quantitative estimate of drug-likeness (QED) is 0.743. The van der Waals surface area contributed by atoms with E-state index in [4.69, 9.17) is 0 Å². The number of pyridine rings is 1. The predicted molar refractivity (Wildman–Crippen MR) is 62.8 cm³/mol. The van der Waals surface area contributed by atoms with Crippen LogP contribution in [0.15, 0.2) is 18.3 Å². The summed E-state index contributed by atoms with van der Waals surface area (Å²) in [6.07, 6.45) is 3.25. The highest BCUT2D eigenvalue weighted by atomic mass is 16.2. The number of imide groups is 1. The van der Waals surface area contributed by atoms with E-state index in [-0.39, 0.29) is 24.7 Å². The molecule has 1 aliphatic heterocycles. The molecule has 1 aromatic heterocycles. The van der Waals surface area contributed by atoms with Gasteiger partial charge in [-0.3, -0.25) is 19.5 Å². The van der Waals surface area contributed by atoms with Crippen molar-refractivity contribution in [1.29, 1.82) is 0 Å². The number of carbonyl (C=O) groups is 2. The molecule has 4 nitrogen and oxygen atoms in total. The molecule has 0 saturated carbocycles. The van der Waals surface area contributed by atoms with E-state index in [1.54, 1.807) is 6.20 Å². The lowest BCUT2D eigenvalue weighted by Crippen LogP contribution is -2.32. The summed E-state index contributed by atoms with van der Waals surface area (Å²) in [6.45, 7) is 5.92. The number of nitrogens with zero attached hydrogens (tertiary/aromatic N) is 2. The van der Waals surface area contributed by atoms with Gasteiger partial charge in [0.15, 0.2) is 0 Å². The van der Waals surface area contributed by atoms with Crippen molar-refractivity contribution in [3.05, 3.63) is 36.5 Å². The van der Waals surface area contributed by atoms with Gasteiger partial charge in [0, 0.05) is 19.0 Å². The van der Waals surface area contributed by atoms with Crippen LogP contribution < -0.4 is 0 Å². The highest BCUT2D eigenvalue weighted by Crippen LogP contribution is 2.24. The lowest BCUT2D eigenvalue weighted by atomic mass is 10.1. The summed E-state index contributed by atoms with van der Waals surface area (Å²) in [5.74, 6) is -0.312. The van der Waals surface area contributed by atoms with Gasteiger partial charge in [-0.05, 0) is 25.0 Å². The second-order valence-electron chi connectivity index (χ2n) is 4.12. The van der Waals surface area contributed by atoms with Crippen LogP contribution in [0.3, 0.4) is 0 Å². The highest BCUT2D eigenvalue weighted by Gasteiger charge is 2.33. The molecule has 1 saturated heterocycles. The van der Waals surface area contributed by atoms with Crippen LogP contribution in [-0.2, 0) is 16.0 Å². The van der Waals surface area contributed by atoms with E-state index in [1.165, 1.54) is 4.90 Å². The van der Waals surface area contributed by atoms with E-state index < -0.39 is 6.04 Å². The van der Waals surface area contributed by atoms with Crippen LogP contribution in [0.4, 0.5) is 0 Å². The average molecular weight is 231 g/mol. The van der Waals surface area contributed by atoms with E-state index >= 15 is 0 Å². The monoisotopic (exact) mass is 231 g/mol. The first-order valence-corrected chi connectivity index (χ1v) is 5.76. The summed E-state index contributed by atoms with van der Waals surface area (Å²) in [5.41, 5.74) is 1.78. The maximum atomic E-state index is 11.6. The molecule has 0 aromatic carbocycles. The molecule has 1 atom stereocenters. The molecule has 1 aromatic rings. The fourth-order valence-corrected chi connectivity index (χ4v) is 1.92. The van der Waals surface area contributed by atoms with Gasteiger partial charge in [0.25, 0.3) is 0 Å². The van der Waals surface area contributed by atoms with Crippen LogP contribution in [0, 0.1) is 6.92 Å². The Morgan fingerprint density at radius 3 is 2.47 bits per heavy atom. The topological polar surface area (TPSA) is 50.3 Å². The van der Waals surface area contributed by atoms with E-state index in [0.717, 1.165) is 12.0 Å². The third-order valence-corrected chi connectivity index (χ3v) is 3.00. The molecule has 4 heteroatoms. The number of rotatable bonds is 3. The van der Waals surface area contributed by atoms with Gasteiger partial charge in [-0.2, -0.15) is 0 Å². The van der Waals surface area contributed by atoms with Gasteiger partial charge < -0.3 is 0 Å². The van der Waals surface area contributed by atoms with E-state index in [1.807, 2.05) is 19.1 Å². The maximum Gasteiger partial charge on any atom is 0.230 e. The third-order valence-electron chi connectivity index (χ3n) is 3.00. The summed E-state index contributed by atoms with van der Waals surface area (Å²) in [5, 5.41) is 0. The largest absolute Gasteiger partial charge is 0.274 e. The average Bonchev–Trinajstić information content (AvgIpc) is 2.68. The van der Waals surface area contributed by atoms with Crippen molar-refractivity contribution in [3.63, 3.8) is 0 Å². The minimum atomic E-state index is -0.511. The third kappa shape index (κ3) is 2.20. The van der Waals surface area contributed by atoms with Crippen LogP contribution in [0.25, 0.3) is 0 Å². The van der Waals surface area contributed by atoms with Crippen molar-refractivity contribution in [1.82, 2.24) is 9.88 Å². The molecular formula is C13H15N2O2. The molecule has 1 unspecified atom stereocenters. The molecular weight excluding hydrogens is 216 g/mol. The lowest BCUT2D eigenvalue weighted by Gasteiger charge is -2.21. The molecule has 2 amide bonds. The molecule has 2 heterocycles. The zero-order valence-electron chi connectivity index (χ0n) is 9.85. The maximum absolute atomic E-state index is 11.6. The summed E-state index contributed by atoms with van der Waals surface area (Å²) in [6, 6.07) is 3.27. The fraction of sp³-hybridized carbons (Fsp3) is 0.385. The number of hydrogen-bond acceptors (Lipinski definition) is 3. The van der Waals surface area contributed by atoms with Crippen molar-refractivity contribution >= 4 is 11.8 Å². The Kier molecular flexibility index (Phi) is 3.22. The minimum absolute atomic E-state index is 0.156. The number of amides is 2. The molecule has 17 heavy (non-hydrogen) atoms. The number of hydrogen-bond donors (Lipinski definition) is 0. The lowest BCUT2D eigenvalue weighted by molar-refractivity contribution is -0.140. The van der Waals surface area contributed by atoms with Crippen molar-refractivity contribution < 1.29 is 9.59 Å². The van der Waals surface area contributed by atoms with Crippen LogP contribution in [-0.4, -0.2) is 21.7 Å². The van der Waals surface area contributed by atoms with Crippen molar-refractivity contribution in [2.45, 2.75) is 32.2 Å². The molecule has 89 valence electrons. The molecule has 1 radical (unpaired) electrons. The van der Waals surface area contributed by atoms with Crippen LogP contribution in [0.2, 0.25) is 0 Å². The Morgan fingerprint density at radius 2 is 2.00 bits per heavy atom. The van der Waals surface area contributed by atoms with E-state index in [9.17, 15) is 9.59 Å². The van der Waals surface area contributed by atoms with Gasteiger partial charge in [-0.15, -0.1) is 0 Å². The summed E-state index contributed by atoms with van der Waals surface area (Å²) in [4.78, 5) is 28.6. The Bertz CT molecular complexity index is 423. The molecule has 1 fully saturated rings. The first-order chi connectivity index (χ1) is 8.13. The van der Waals surface area contributed by atoms with Gasteiger partial charge in [0.1, 0.15) is 0 Å². The predicted octanol–water partition coefficient (Wildman–Crippen LogP) is 1.67. The zero-order chi connectivity index (χ0) is 12.4. The summed E-state index contributed by atoms with van der Waals surface area (Å²) < 4.78 is 0. The minimum Gasteiger partial charge on any atom is -0.274 e. The number of carbonyl (C=O) groups excluding carboxylic acids is 2. The summed E-state index contributed by atoms with van der Waals surface area (Å²) >= 11 is 0. The molecule has 0 aliphatic carbocycles. The molecule has 1 aliphatic rings. The van der Waals surface area contributed by atoms with Crippen molar-refractivity contribution in [3.8, 4) is 0 Å². The van der Waals surface area contributed by atoms with Gasteiger partial charge in [-0.1, -0.05) is 13.0 Å². The van der Waals surface area contributed by atoms with Crippen LogP contribution in [0.1, 0.15) is 37.1 Å². The number of likely N-dealkylation sites (tertiary alicyclic amines) is 1. The van der Waals surface area contributed by atoms with Crippen molar-refractivity contribution in [2.75, 3.05) is 0 Å². The van der Waals surface area contributed by atoms with Gasteiger partial charge >= 0.3 is 0 Å². The fourth-order valence-electron chi connectivity index (χ4n) is 1.92. The Balaban J connectivity index is 2.21. The van der Waals surface area contributed by atoms with E-state index in [2.05, 4.69) is 11.9 Å². The number of aromatic nitrogens is 1. The Labute approximate surface area is 101 Å². The molecule has 0 N–H and O–H groups in total.